The summed E-state index contributed by atoms with van der Waals surface area (Å²) in [7, 11) is 0. The Bertz CT molecular complexity index is 1320. The minimum absolute atomic E-state index is 0.0749. The van der Waals surface area contributed by atoms with E-state index in [9.17, 15) is 4.79 Å². The Balaban J connectivity index is 1.66. The van der Waals surface area contributed by atoms with Gasteiger partial charge < -0.3 is 4.42 Å². The van der Waals surface area contributed by atoms with Crippen molar-refractivity contribution in [3.63, 3.8) is 0 Å². The molecule has 0 atom stereocenters. The van der Waals surface area contributed by atoms with Gasteiger partial charge in [0.2, 0.25) is 0 Å². The highest BCUT2D eigenvalue weighted by atomic mass is 16.3. The number of para-hydroxylation sites is 1. The Kier molecular flexibility index (Phi) is 4.30. The second kappa shape index (κ2) is 7.24. The molecule has 5 aromatic rings. The van der Waals surface area contributed by atoms with Gasteiger partial charge in [0.15, 0.2) is 0 Å². The van der Waals surface area contributed by atoms with Crippen molar-refractivity contribution in [3.05, 3.63) is 113 Å². The predicted molar refractivity (Wildman–Crippen MR) is 115 cm³/mol. The van der Waals surface area contributed by atoms with Gasteiger partial charge in [-0.15, -0.1) is 0 Å². The molecule has 2 aromatic heterocycles. The predicted octanol–water partition coefficient (Wildman–Crippen LogP) is 5.37. The molecular weight excluding hydrogens is 360 g/mol. The summed E-state index contributed by atoms with van der Waals surface area (Å²) in [5.74, 6) is 1.34. The van der Waals surface area contributed by atoms with Gasteiger partial charge >= 0.3 is 0 Å². The number of hydrogen-bond donors (Lipinski definition) is 0. The largest absolute Gasteiger partial charge is 0.467 e. The summed E-state index contributed by atoms with van der Waals surface area (Å²) in [6.07, 6.45) is 1.61. The summed E-state index contributed by atoms with van der Waals surface area (Å²) in [6.45, 7) is 0.333. The highest BCUT2D eigenvalue weighted by Crippen LogP contribution is 2.25. The molecule has 29 heavy (non-hydrogen) atoms. The van der Waals surface area contributed by atoms with Crippen molar-refractivity contribution in [2.45, 2.75) is 6.54 Å². The molecule has 0 saturated heterocycles. The topological polar surface area (TPSA) is 48.0 Å². The maximum Gasteiger partial charge on any atom is 0.262 e. The van der Waals surface area contributed by atoms with Crippen molar-refractivity contribution in [1.82, 2.24) is 9.55 Å². The molecule has 0 radical (unpaired) electrons. The molecule has 5 rings (SSSR count). The minimum Gasteiger partial charge on any atom is -0.467 e. The lowest BCUT2D eigenvalue weighted by Gasteiger charge is -2.13. The van der Waals surface area contributed by atoms with Gasteiger partial charge in [-0.3, -0.25) is 9.36 Å². The summed E-state index contributed by atoms with van der Waals surface area (Å²) < 4.78 is 7.16. The van der Waals surface area contributed by atoms with E-state index >= 15 is 0 Å². The van der Waals surface area contributed by atoms with Crippen LogP contribution in [0.15, 0.2) is 106 Å². The third-order valence-corrected chi connectivity index (χ3v) is 5.01. The van der Waals surface area contributed by atoms with Crippen LogP contribution in [0.1, 0.15) is 5.76 Å². The van der Waals surface area contributed by atoms with Crippen LogP contribution in [-0.2, 0) is 6.54 Å². The Morgan fingerprint density at radius 1 is 0.724 bits per heavy atom. The monoisotopic (exact) mass is 378 g/mol. The van der Waals surface area contributed by atoms with Crippen molar-refractivity contribution in [2.24, 2.45) is 0 Å². The summed E-state index contributed by atoms with van der Waals surface area (Å²) in [6, 6.07) is 29.5. The first-order valence-electron chi connectivity index (χ1n) is 9.47. The highest BCUT2D eigenvalue weighted by molar-refractivity contribution is 5.80. The first kappa shape index (κ1) is 17.2. The van der Waals surface area contributed by atoms with Gasteiger partial charge in [0.25, 0.3) is 5.56 Å². The third-order valence-electron chi connectivity index (χ3n) is 5.01. The van der Waals surface area contributed by atoms with E-state index in [4.69, 9.17) is 9.40 Å². The van der Waals surface area contributed by atoms with Crippen molar-refractivity contribution in [2.75, 3.05) is 0 Å². The molecule has 0 aliphatic carbocycles. The number of fused-ring (bicyclic) bond motifs is 1. The van der Waals surface area contributed by atoms with E-state index in [1.165, 1.54) is 0 Å². The molecule has 4 nitrogen and oxygen atoms in total. The zero-order valence-electron chi connectivity index (χ0n) is 15.7. The maximum absolute atomic E-state index is 13.2. The van der Waals surface area contributed by atoms with Crippen molar-refractivity contribution >= 4 is 10.9 Å². The van der Waals surface area contributed by atoms with E-state index in [0.29, 0.717) is 29.0 Å². The fourth-order valence-electron chi connectivity index (χ4n) is 3.54. The molecule has 0 unspecified atom stereocenters. The molecular formula is C25H18N2O2. The van der Waals surface area contributed by atoms with E-state index in [1.54, 1.807) is 10.8 Å². The van der Waals surface area contributed by atoms with E-state index < -0.39 is 0 Å². The number of hydrogen-bond acceptors (Lipinski definition) is 3. The molecule has 2 heterocycles. The standard InChI is InChI=1S/C25H18N2O2/c28-25-22-10-4-5-11-23(22)26-24(27(25)17-21-9-6-16-29-21)20-14-12-19(13-15-20)18-7-2-1-3-8-18/h1-16H,17H2. The van der Waals surface area contributed by atoms with E-state index in [1.807, 2.05) is 66.7 Å². The maximum atomic E-state index is 13.2. The van der Waals surface area contributed by atoms with E-state index in [-0.39, 0.29) is 5.56 Å². The van der Waals surface area contributed by atoms with Gasteiger partial charge in [-0.2, -0.15) is 0 Å². The average molecular weight is 378 g/mol. The van der Waals surface area contributed by atoms with Crippen LogP contribution in [0.25, 0.3) is 33.4 Å². The number of furan rings is 1. The van der Waals surface area contributed by atoms with Gasteiger partial charge in [-0.05, 0) is 35.4 Å². The van der Waals surface area contributed by atoms with Crippen LogP contribution in [0.2, 0.25) is 0 Å². The number of rotatable bonds is 4. The number of benzene rings is 3. The SMILES string of the molecule is O=c1c2ccccc2nc(-c2ccc(-c3ccccc3)cc2)n1Cc1ccco1. The molecule has 0 fully saturated rings. The Labute approximate surface area is 167 Å². The first-order chi connectivity index (χ1) is 14.3. The van der Waals surface area contributed by atoms with Gasteiger partial charge in [0, 0.05) is 5.56 Å². The van der Waals surface area contributed by atoms with Gasteiger partial charge in [-0.25, -0.2) is 4.98 Å². The van der Waals surface area contributed by atoms with Crippen LogP contribution in [0.3, 0.4) is 0 Å². The average Bonchev–Trinajstić information content (AvgIpc) is 3.30. The van der Waals surface area contributed by atoms with Crippen LogP contribution >= 0.6 is 0 Å². The van der Waals surface area contributed by atoms with E-state index in [0.717, 1.165) is 16.7 Å². The van der Waals surface area contributed by atoms with Gasteiger partial charge in [-0.1, -0.05) is 66.7 Å². The molecule has 0 amide bonds. The first-order valence-corrected chi connectivity index (χ1v) is 9.47. The van der Waals surface area contributed by atoms with Crippen LogP contribution in [0, 0.1) is 0 Å². The van der Waals surface area contributed by atoms with Crippen molar-refractivity contribution in [3.8, 4) is 22.5 Å². The van der Waals surface area contributed by atoms with Crippen LogP contribution in [0.4, 0.5) is 0 Å². The Morgan fingerprint density at radius 3 is 2.17 bits per heavy atom. The smallest absolute Gasteiger partial charge is 0.262 e. The number of aromatic nitrogens is 2. The fraction of sp³-hybridized carbons (Fsp3) is 0.0400. The third kappa shape index (κ3) is 3.25. The van der Waals surface area contributed by atoms with Gasteiger partial charge in [0.1, 0.15) is 11.6 Å². The molecule has 0 bridgehead atoms. The van der Waals surface area contributed by atoms with Crippen molar-refractivity contribution in [1.29, 1.82) is 0 Å². The van der Waals surface area contributed by atoms with Crippen LogP contribution < -0.4 is 5.56 Å². The molecule has 140 valence electrons. The second-order valence-electron chi connectivity index (χ2n) is 6.87. The van der Waals surface area contributed by atoms with Crippen LogP contribution in [-0.4, -0.2) is 9.55 Å². The number of nitrogens with zero attached hydrogens (tertiary/aromatic N) is 2. The summed E-state index contributed by atoms with van der Waals surface area (Å²) >= 11 is 0. The van der Waals surface area contributed by atoms with E-state index in [2.05, 4.69) is 24.3 Å². The summed E-state index contributed by atoms with van der Waals surface area (Å²) in [5.41, 5.74) is 3.78. The lowest BCUT2D eigenvalue weighted by molar-refractivity contribution is 0.490. The quantitative estimate of drug-likeness (QED) is 0.422. The second-order valence-corrected chi connectivity index (χ2v) is 6.87. The zero-order valence-corrected chi connectivity index (χ0v) is 15.7. The molecule has 3 aromatic carbocycles. The van der Waals surface area contributed by atoms with Crippen LogP contribution in [0.5, 0.6) is 0 Å². The van der Waals surface area contributed by atoms with Crippen molar-refractivity contribution < 1.29 is 4.42 Å². The lowest BCUT2D eigenvalue weighted by atomic mass is 10.0. The lowest BCUT2D eigenvalue weighted by Crippen LogP contribution is -2.24. The molecule has 0 saturated carbocycles. The molecule has 0 spiro atoms. The Hall–Kier alpha value is -3.92. The van der Waals surface area contributed by atoms with Gasteiger partial charge in [0.05, 0.1) is 23.7 Å². The normalized spacial score (nSPS) is 11.0. The molecule has 0 N–H and O–H groups in total. The fourth-order valence-corrected chi connectivity index (χ4v) is 3.54. The summed E-state index contributed by atoms with van der Waals surface area (Å²) in [5, 5.41) is 0.601. The Morgan fingerprint density at radius 2 is 1.41 bits per heavy atom. The summed E-state index contributed by atoms with van der Waals surface area (Å²) in [4.78, 5) is 18.0. The molecule has 0 aliphatic rings. The zero-order chi connectivity index (χ0) is 19.6. The highest BCUT2D eigenvalue weighted by Gasteiger charge is 2.14. The molecule has 4 heteroatoms. The minimum atomic E-state index is -0.0749. The molecule has 0 aliphatic heterocycles.